The molecule has 1 aliphatic carbocycles. The molecular weight excluding hydrogens is 557 g/mol. The predicted octanol–water partition coefficient (Wildman–Crippen LogP) is 7.94. The Kier molecular flexibility index (Phi) is 7.77. The third kappa shape index (κ3) is 5.72. The van der Waals surface area contributed by atoms with Crippen LogP contribution in [-0.4, -0.2) is 33.5 Å². The monoisotopic (exact) mass is 582 g/mol. The van der Waals surface area contributed by atoms with Crippen molar-refractivity contribution in [2.75, 3.05) is 15.5 Å². The molecule has 200 valence electrons. The number of hydrogen-bond donors (Lipinski definition) is 2. The van der Waals surface area contributed by atoms with Gasteiger partial charge in [-0.1, -0.05) is 72.8 Å². The summed E-state index contributed by atoms with van der Waals surface area (Å²) in [5.74, 6) is -0.126. The van der Waals surface area contributed by atoms with E-state index in [1.54, 1.807) is 11.8 Å². The van der Waals surface area contributed by atoms with Gasteiger partial charge in [0.15, 0.2) is 5.13 Å². The Morgan fingerprint density at radius 2 is 1.75 bits per heavy atom. The Morgan fingerprint density at radius 3 is 2.62 bits per heavy atom. The molecule has 6 rings (SSSR count). The predicted molar refractivity (Wildman–Crippen MR) is 168 cm³/mol. The summed E-state index contributed by atoms with van der Waals surface area (Å²) in [5.41, 5.74) is 3.43. The van der Waals surface area contributed by atoms with Crippen molar-refractivity contribution >= 4 is 63.3 Å². The number of rotatable bonds is 6. The second kappa shape index (κ2) is 11.8. The van der Waals surface area contributed by atoms with Gasteiger partial charge in [-0.2, -0.15) is 0 Å². The lowest BCUT2D eigenvalue weighted by atomic mass is 10.1. The van der Waals surface area contributed by atoms with Gasteiger partial charge in [0.25, 0.3) is 0 Å². The molecule has 0 spiro atoms. The van der Waals surface area contributed by atoms with Crippen LogP contribution in [0.1, 0.15) is 6.92 Å². The summed E-state index contributed by atoms with van der Waals surface area (Å²) >= 11 is 4.62. The van der Waals surface area contributed by atoms with Crippen molar-refractivity contribution in [1.29, 1.82) is 0 Å². The van der Waals surface area contributed by atoms with Crippen molar-refractivity contribution < 1.29 is 9.59 Å². The molecule has 3 unspecified atom stereocenters. The highest BCUT2D eigenvalue weighted by Gasteiger charge is 2.36. The number of nitrogens with one attached hydrogen (secondary N) is 2. The fraction of sp³-hybridized carbons (Fsp3) is 0.129. The largest absolute Gasteiger partial charge is 0.326 e. The average molecular weight is 583 g/mol. The summed E-state index contributed by atoms with van der Waals surface area (Å²) < 4.78 is 0. The highest BCUT2D eigenvalue weighted by Crippen LogP contribution is 2.43. The molecular formula is C31H26N4O2S3. The minimum atomic E-state index is -0.360. The van der Waals surface area contributed by atoms with Crippen LogP contribution in [0.15, 0.2) is 118 Å². The van der Waals surface area contributed by atoms with Gasteiger partial charge in [0.05, 0.1) is 27.9 Å². The Labute approximate surface area is 245 Å². The summed E-state index contributed by atoms with van der Waals surface area (Å²) in [4.78, 5) is 34.9. The number of amides is 3. The minimum Gasteiger partial charge on any atom is -0.307 e. The maximum absolute atomic E-state index is 13.6. The van der Waals surface area contributed by atoms with Gasteiger partial charge < -0.3 is 10.6 Å². The standard InChI is InChI=1S/C31H26N4O2S3/c1-20(29(36)34-30-33-24(19-38-30)21-10-3-2-4-11-21)39-23-13-9-12-22(18-23)32-31(37)35-25-14-5-7-16-27(25)40-28-17-8-6-15-26(28)35/h2-20,25,27H,1H3,(H,32,37)(H,33,34,36). The normalized spacial score (nSPS) is 18.0. The van der Waals surface area contributed by atoms with Gasteiger partial charge in [-0.3, -0.25) is 9.69 Å². The molecule has 4 aromatic rings. The van der Waals surface area contributed by atoms with E-state index >= 15 is 0 Å². The summed E-state index contributed by atoms with van der Waals surface area (Å²) in [6.45, 7) is 1.86. The first-order chi connectivity index (χ1) is 19.5. The van der Waals surface area contributed by atoms with Crippen molar-refractivity contribution in [2.24, 2.45) is 0 Å². The van der Waals surface area contributed by atoms with E-state index in [-0.39, 0.29) is 28.5 Å². The molecule has 0 saturated carbocycles. The van der Waals surface area contributed by atoms with Crippen molar-refractivity contribution in [1.82, 2.24) is 4.98 Å². The lowest BCUT2D eigenvalue weighted by Crippen LogP contribution is -2.49. The molecule has 0 bridgehead atoms. The number of thioether (sulfide) groups is 2. The number of fused-ring (bicyclic) bond motifs is 2. The van der Waals surface area contributed by atoms with E-state index in [1.807, 2.05) is 102 Å². The second-order valence-corrected chi connectivity index (χ2v) is 12.8. The van der Waals surface area contributed by atoms with Crippen LogP contribution < -0.4 is 15.5 Å². The number of benzene rings is 3. The van der Waals surface area contributed by atoms with Crippen molar-refractivity contribution in [3.63, 3.8) is 0 Å². The summed E-state index contributed by atoms with van der Waals surface area (Å²) in [6, 6.07) is 25.2. The maximum atomic E-state index is 13.6. The second-order valence-electron chi connectivity index (χ2n) is 9.29. The van der Waals surface area contributed by atoms with Crippen molar-refractivity contribution in [3.05, 3.63) is 109 Å². The molecule has 3 atom stereocenters. The third-order valence-corrected chi connectivity index (χ3v) is 9.69. The van der Waals surface area contributed by atoms with Gasteiger partial charge in [-0.05, 0) is 37.3 Å². The Morgan fingerprint density at radius 1 is 0.950 bits per heavy atom. The first-order valence-corrected chi connectivity index (χ1v) is 15.5. The van der Waals surface area contributed by atoms with Crippen LogP contribution >= 0.6 is 34.9 Å². The van der Waals surface area contributed by atoms with Crippen molar-refractivity contribution in [3.8, 4) is 11.3 Å². The number of thiazole rings is 1. The van der Waals surface area contributed by atoms with Crippen LogP contribution in [0.2, 0.25) is 0 Å². The SMILES string of the molecule is CC(Sc1cccc(NC(=O)N2c3ccccc3SC3C=CC=CC32)c1)C(=O)Nc1nc(-c2ccccc2)cs1. The van der Waals surface area contributed by atoms with E-state index in [2.05, 4.69) is 33.8 Å². The number of carbonyl (C=O) groups excluding carboxylic acids is 2. The maximum Gasteiger partial charge on any atom is 0.326 e. The van der Waals surface area contributed by atoms with E-state index < -0.39 is 0 Å². The summed E-state index contributed by atoms with van der Waals surface area (Å²) in [7, 11) is 0. The smallest absolute Gasteiger partial charge is 0.307 e. The zero-order chi connectivity index (χ0) is 27.5. The van der Waals surface area contributed by atoms with E-state index in [9.17, 15) is 9.59 Å². The molecule has 0 radical (unpaired) electrons. The van der Waals surface area contributed by atoms with Crippen LogP contribution in [0.3, 0.4) is 0 Å². The number of anilines is 3. The van der Waals surface area contributed by atoms with Crippen LogP contribution in [0.25, 0.3) is 11.3 Å². The number of para-hydroxylation sites is 1. The number of carbonyl (C=O) groups is 2. The lowest BCUT2D eigenvalue weighted by molar-refractivity contribution is -0.115. The highest BCUT2D eigenvalue weighted by atomic mass is 32.2. The van der Waals surface area contributed by atoms with Crippen LogP contribution in [0, 0.1) is 0 Å². The topological polar surface area (TPSA) is 74.3 Å². The first kappa shape index (κ1) is 26.4. The molecule has 2 aliphatic rings. The van der Waals surface area contributed by atoms with E-state index in [4.69, 9.17) is 0 Å². The third-order valence-electron chi connectivity index (χ3n) is 6.53. The van der Waals surface area contributed by atoms with Crippen LogP contribution in [-0.2, 0) is 4.79 Å². The molecule has 1 aromatic heterocycles. The zero-order valence-electron chi connectivity index (χ0n) is 21.6. The summed E-state index contributed by atoms with van der Waals surface area (Å²) in [6.07, 6.45) is 8.25. The molecule has 6 nitrogen and oxygen atoms in total. The first-order valence-electron chi connectivity index (χ1n) is 12.8. The van der Waals surface area contributed by atoms with Gasteiger partial charge in [0.1, 0.15) is 0 Å². The number of urea groups is 1. The summed E-state index contributed by atoms with van der Waals surface area (Å²) in [5, 5.41) is 8.33. The average Bonchev–Trinajstić information content (AvgIpc) is 3.45. The van der Waals surface area contributed by atoms with Crippen molar-refractivity contribution in [2.45, 2.75) is 33.3 Å². The molecule has 3 aromatic carbocycles. The Bertz CT molecular complexity index is 1600. The van der Waals surface area contributed by atoms with Gasteiger partial charge in [0, 0.05) is 26.4 Å². The number of aromatic nitrogens is 1. The molecule has 40 heavy (non-hydrogen) atoms. The van der Waals surface area contributed by atoms with E-state index in [0.29, 0.717) is 10.8 Å². The fourth-order valence-corrected chi connectivity index (χ4v) is 7.50. The van der Waals surface area contributed by atoms with E-state index in [1.165, 1.54) is 23.1 Å². The van der Waals surface area contributed by atoms with Gasteiger partial charge in [-0.15, -0.1) is 34.9 Å². The van der Waals surface area contributed by atoms with Gasteiger partial charge in [-0.25, -0.2) is 9.78 Å². The molecule has 3 amide bonds. The highest BCUT2D eigenvalue weighted by molar-refractivity contribution is 8.00. The lowest BCUT2D eigenvalue weighted by Gasteiger charge is -2.40. The molecule has 2 N–H and O–H groups in total. The Hall–Kier alpha value is -3.79. The number of hydrogen-bond acceptors (Lipinski definition) is 6. The van der Waals surface area contributed by atoms with Gasteiger partial charge in [0.2, 0.25) is 5.91 Å². The molecule has 2 heterocycles. The zero-order valence-corrected chi connectivity index (χ0v) is 24.0. The molecule has 1 aliphatic heterocycles. The van der Waals surface area contributed by atoms with Crippen LogP contribution in [0.4, 0.5) is 21.3 Å². The number of allylic oxidation sites excluding steroid dienone is 2. The fourth-order valence-electron chi connectivity index (χ4n) is 4.59. The van der Waals surface area contributed by atoms with E-state index in [0.717, 1.165) is 26.7 Å². The minimum absolute atomic E-state index is 0.0700. The quantitative estimate of drug-likeness (QED) is 0.226. The molecule has 0 saturated heterocycles. The van der Waals surface area contributed by atoms with Crippen LogP contribution in [0.5, 0.6) is 0 Å². The van der Waals surface area contributed by atoms with Gasteiger partial charge >= 0.3 is 6.03 Å². The Balaban J connectivity index is 1.12. The molecule has 0 fully saturated rings. The number of nitrogens with zero attached hydrogens (tertiary/aromatic N) is 2. The molecule has 9 heteroatoms.